The predicted octanol–water partition coefficient (Wildman–Crippen LogP) is 2.99. The van der Waals surface area contributed by atoms with Crippen LogP contribution in [0.2, 0.25) is 0 Å². The molecule has 0 saturated heterocycles. The summed E-state index contributed by atoms with van der Waals surface area (Å²) < 4.78 is 18.6. The fourth-order valence-corrected chi connectivity index (χ4v) is 1.78. The van der Waals surface area contributed by atoms with Crippen molar-refractivity contribution in [1.29, 1.82) is 0 Å². The third-order valence-corrected chi connectivity index (χ3v) is 2.96. The summed E-state index contributed by atoms with van der Waals surface area (Å²) in [6.45, 7) is 2.05. The van der Waals surface area contributed by atoms with Crippen molar-refractivity contribution in [2.24, 2.45) is 0 Å². The minimum atomic E-state index is -1.09. The molecule has 0 fully saturated rings. The van der Waals surface area contributed by atoms with Gasteiger partial charge in [0.15, 0.2) is 0 Å². The summed E-state index contributed by atoms with van der Waals surface area (Å²) in [4.78, 5) is 10.8. The number of benzene rings is 2. The van der Waals surface area contributed by atoms with Crippen LogP contribution >= 0.6 is 0 Å². The van der Waals surface area contributed by atoms with Crippen molar-refractivity contribution in [2.75, 3.05) is 5.73 Å². The van der Waals surface area contributed by atoms with E-state index in [2.05, 4.69) is 0 Å². The summed E-state index contributed by atoms with van der Waals surface area (Å²) in [5.41, 5.74) is 7.43. The smallest absolute Gasteiger partial charge is 0.337 e. The first-order chi connectivity index (χ1) is 9.47. The Morgan fingerprint density at radius 1 is 1.30 bits per heavy atom. The highest BCUT2D eigenvalue weighted by atomic mass is 19.1. The molecular formula is C15H14FNO3. The number of nitrogen functional groups attached to an aromatic ring is 1. The van der Waals surface area contributed by atoms with E-state index in [4.69, 9.17) is 15.6 Å². The monoisotopic (exact) mass is 275 g/mol. The molecule has 3 N–H and O–H groups in total. The zero-order valence-electron chi connectivity index (χ0n) is 10.9. The predicted molar refractivity (Wildman–Crippen MR) is 73.3 cm³/mol. The molecule has 2 rings (SSSR count). The molecule has 104 valence electrons. The molecule has 0 radical (unpaired) electrons. The Hall–Kier alpha value is -2.56. The second-order valence-electron chi connectivity index (χ2n) is 4.41. The Balaban J connectivity index is 2.13. The Kier molecular flexibility index (Phi) is 3.89. The molecule has 2 aromatic carbocycles. The maximum absolute atomic E-state index is 13.1. The number of ether oxygens (including phenoxy) is 1. The van der Waals surface area contributed by atoms with E-state index in [0.717, 1.165) is 11.1 Å². The van der Waals surface area contributed by atoms with Crippen LogP contribution in [0, 0.1) is 12.7 Å². The van der Waals surface area contributed by atoms with E-state index in [1.54, 1.807) is 6.07 Å². The summed E-state index contributed by atoms with van der Waals surface area (Å²) in [7, 11) is 0. The van der Waals surface area contributed by atoms with Gasteiger partial charge in [0.25, 0.3) is 0 Å². The van der Waals surface area contributed by atoms with Gasteiger partial charge in [0, 0.05) is 11.8 Å². The Morgan fingerprint density at radius 2 is 2.05 bits per heavy atom. The van der Waals surface area contributed by atoms with Crippen molar-refractivity contribution in [1.82, 2.24) is 0 Å². The highest BCUT2D eigenvalue weighted by Gasteiger charge is 2.09. The summed E-state index contributed by atoms with van der Waals surface area (Å²) in [5, 5.41) is 8.87. The van der Waals surface area contributed by atoms with Crippen molar-refractivity contribution in [3.05, 3.63) is 58.9 Å². The number of anilines is 1. The van der Waals surface area contributed by atoms with Crippen molar-refractivity contribution in [3.63, 3.8) is 0 Å². The van der Waals surface area contributed by atoms with Gasteiger partial charge in [-0.15, -0.1) is 0 Å². The molecule has 0 aliphatic heterocycles. The lowest BCUT2D eigenvalue weighted by Crippen LogP contribution is -2.03. The van der Waals surface area contributed by atoms with Crippen LogP contribution in [0.4, 0.5) is 10.1 Å². The number of rotatable bonds is 4. The summed E-state index contributed by atoms with van der Waals surface area (Å²) in [6, 6.07) is 8.82. The first-order valence-corrected chi connectivity index (χ1v) is 5.98. The molecule has 0 unspecified atom stereocenters. The van der Waals surface area contributed by atoms with Gasteiger partial charge < -0.3 is 15.6 Å². The van der Waals surface area contributed by atoms with Crippen LogP contribution in [0.15, 0.2) is 36.4 Å². The number of aryl methyl sites for hydroxylation is 1. The summed E-state index contributed by atoms with van der Waals surface area (Å²) in [5.74, 6) is -0.971. The van der Waals surface area contributed by atoms with Crippen molar-refractivity contribution < 1.29 is 19.0 Å². The van der Waals surface area contributed by atoms with Crippen LogP contribution in [-0.2, 0) is 6.61 Å². The Morgan fingerprint density at radius 3 is 2.70 bits per heavy atom. The van der Waals surface area contributed by atoms with Crippen LogP contribution < -0.4 is 10.5 Å². The van der Waals surface area contributed by atoms with Crippen LogP contribution in [0.25, 0.3) is 0 Å². The Bertz CT molecular complexity index is 656. The van der Waals surface area contributed by atoms with E-state index in [1.807, 2.05) is 6.92 Å². The van der Waals surface area contributed by atoms with E-state index in [1.165, 1.54) is 30.3 Å². The van der Waals surface area contributed by atoms with Gasteiger partial charge in [-0.2, -0.15) is 0 Å². The zero-order chi connectivity index (χ0) is 14.7. The highest BCUT2D eigenvalue weighted by Crippen LogP contribution is 2.21. The van der Waals surface area contributed by atoms with Gasteiger partial charge in [-0.3, -0.25) is 0 Å². The van der Waals surface area contributed by atoms with E-state index >= 15 is 0 Å². The lowest BCUT2D eigenvalue weighted by Gasteiger charge is -2.10. The van der Waals surface area contributed by atoms with Crippen molar-refractivity contribution in [2.45, 2.75) is 13.5 Å². The number of halogens is 1. The largest absolute Gasteiger partial charge is 0.489 e. The van der Waals surface area contributed by atoms with Gasteiger partial charge in [0.1, 0.15) is 18.2 Å². The van der Waals surface area contributed by atoms with Gasteiger partial charge in [0.05, 0.1) is 5.56 Å². The van der Waals surface area contributed by atoms with Crippen molar-refractivity contribution >= 4 is 11.7 Å². The van der Waals surface area contributed by atoms with Crippen LogP contribution in [0.3, 0.4) is 0 Å². The van der Waals surface area contributed by atoms with Gasteiger partial charge in [-0.05, 0) is 42.3 Å². The maximum Gasteiger partial charge on any atom is 0.337 e. The molecule has 0 aliphatic rings. The lowest BCUT2D eigenvalue weighted by atomic mass is 10.1. The number of hydrogen-bond acceptors (Lipinski definition) is 3. The van der Waals surface area contributed by atoms with Gasteiger partial charge in [-0.1, -0.05) is 6.07 Å². The third-order valence-electron chi connectivity index (χ3n) is 2.96. The van der Waals surface area contributed by atoms with Gasteiger partial charge >= 0.3 is 5.97 Å². The van der Waals surface area contributed by atoms with E-state index < -0.39 is 5.97 Å². The standard InChI is InChI=1S/C15H14FNO3/c1-9-2-3-11(16)6-10(9)8-20-12-4-5-13(15(18)19)14(17)7-12/h2-7H,8,17H2,1H3,(H,18,19). The molecule has 4 nitrogen and oxygen atoms in total. The molecule has 0 saturated carbocycles. The molecule has 0 aromatic heterocycles. The first kappa shape index (κ1) is 13.9. The summed E-state index contributed by atoms with van der Waals surface area (Å²) in [6.07, 6.45) is 0. The second kappa shape index (κ2) is 5.61. The molecule has 2 aromatic rings. The molecule has 20 heavy (non-hydrogen) atoms. The first-order valence-electron chi connectivity index (χ1n) is 5.98. The van der Waals surface area contributed by atoms with E-state index in [9.17, 15) is 9.18 Å². The number of hydrogen-bond donors (Lipinski definition) is 2. The van der Waals surface area contributed by atoms with Gasteiger partial charge in [0.2, 0.25) is 0 Å². The van der Waals surface area contributed by atoms with Crippen LogP contribution in [0.5, 0.6) is 5.75 Å². The minimum Gasteiger partial charge on any atom is -0.489 e. The number of carboxylic acids is 1. The molecule has 0 atom stereocenters. The molecule has 5 heteroatoms. The maximum atomic E-state index is 13.1. The second-order valence-corrected chi connectivity index (χ2v) is 4.41. The van der Waals surface area contributed by atoms with Crippen molar-refractivity contribution in [3.8, 4) is 5.75 Å². The summed E-state index contributed by atoms with van der Waals surface area (Å²) >= 11 is 0. The SMILES string of the molecule is Cc1ccc(F)cc1COc1ccc(C(=O)O)c(N)c1. The Labute approximate surface area is 115 Å². The molecule has 0 bridgehead atoms. The highest BCUT2D eigenvalue weighted by molar-refractivity contribution is 5.93. The number of aromatic carboxylic acids is 1. The van der Waals surface area contributed by atoms with Crippen LogP contribution in [0.1, 0.15) is 21.5 Å². The molecular weight excluding hydrogens is 261 g/mol. The molecule has 0 spiro atoms. The number of nitrogens with two attached hydrogens (primary N) is 1. The molecule has 0 amide bonds. The van der Waals surface area contributed by atoms with E-state index in [-0.39, 0.29) is 23.7 Å². The third kappa shape index (κ3) is 3.06. The minimum absolute atomic E-state index is 0.0271. The molecule has 0 heterocycles. The van der Waals surface area contributed by atoms with Crippen LogP contribution in [-0.4, -0.2) is 11.1 Å². The molecule has 0 aliphatic carbocycles. The fraction of sp³-hybridized carbons (Fsp3) is 0.133. The number of carboxylic acid groups (broad SMARTS) is 1. The average molecular weight is 275 g/mol. The average Bonchev–Trinajstić information content (AvgIpc) is 2.39. The van der Waals surface area contributed by atoms with Gasteiger partial charge in [-0.25, -0.2) is 9.18 Å². The quantitative estimate of drug-likeness (QED) is 0.841. The lowest BCUT2D eigenvalue weighted by molar-refractivity contribution is 0.0698. The fourth-order valence-electron chi connectivity index (χ4n) is 1.78. The van der Waals surface area contributed by atoms with E-state index in [0.29, 0.717) is 5.75 Å². The zero-order valence-corrected chi connectivity index (χ0v) is 10.9. The topological polar surface area (TPSA) is 72.5 Å². The normalized spacial score (nSPS) is 10.3. The number of carbonyl (C=O) groups is 1.